The second-order valence-electron chi connectivity index (χ2n) is 2.23. The van der Waals surface area contributed by atoms with E-state index in [2.05, 4.69) is 20.3 Å². The number of halogens is 2. The molecule has 0 aliphatic heterocycles. The van der Waals surface area contributed by atoms with Crippen LogP contribution in [0.5, 0.6) is 0 Å². The predicted molar refractivity (Wildman–Crippen MR) is 54.5 cm³/mol. The Balaban J connectivity index is 3.35. The minimum Gasteiger partial charge on any atom is -0.210 e. The number of hydrogen-bond donors (Lipinski definition) is 0. The smallest absolute Gasteiger partial charge is 0.210 e. The molecular formula is C7H3BrClNO3S. The van der Waals surface area contributed by atoms with Crippen LogP contribution in [0.2, 0.25) is 5.02 Å². The highest BCUT2D eigenvalue weighted by Gasteiger charge is 2.13. The molecule has 1 aromatic rings. The van der Waals surface area contributed by atoms with Crippen molar-refractivity contribution >= 4 is 43.6 Å². The standard InChI is InChI=1S/C7H3BrClNO3S/c8-6-3-5(1-2-7(6)9)14(12,13)10-4-11/h1-3H. The van der Waals surface area contributed by atoms with Crippen LogP contribution in [0.25, 0.3) is 0 Å². The lowest BCUT2D eigenvalue weighted by Gasteiger charge is -1.98. The fourth-order valence-corrected chi connectivity index (χ4v) is 2.10. The van der Waals surface area contributed by atoms with Crippen molar-refractivity contribution in [2.45, 2.75) is 4.90 Å². The summed E-state index contributed by atoms with van der Waals surface area (Å²) in [6, 6.07) is 3.90. The van der Waals surface area contributed by atoms with Gasteiger partial charge in [0.05, 0.1) is 9.92 Å². The quantitative estimate of drug-likeness (QED) is 0.620. The van der Waals surface area contributed by atoms with Crippen molar-refractivity contribution in [1.82, 2.24) is 0 Å². The van der Waals surface area contributed by atoms with Gasteiger partial charge in [-0.05, 0) is 34.1 Å². The number of benzene rings is 1. The second kappa shape index (κ2) is 4.23. The van der Waals surface area contributed by atoms with E-state index >= 15 is 0 Å². The van der Waals surface area contributed by atoms with Crippen LogP contribution in [0.15, 0.2) is 32.0 Å². The molecule has 1 aromatic carbocycles. The van der Waals surface area contributed by atoms with Gasteiger partial charge in [0, 0.05) is 4.47 Å². The summed E-state index contributed by atoms with van der Waals surface area (Å²) in [6.07, 6.45) is 0.979. The molecule has 0 atom stereocenters. The van der Waals surface area contributed by atoms with E-state index in [-0.39, 0.29) is 4.90 Å². The maximum atomic E-state index is 11.2. The summed E-state index contributed by atoms with van der Waals surface area (Å²) in [5, 5.41) is 0.374. The van der Waals surface area contributed by atoms with E-state index in [0.717, 1.165) is 6.08 Å². The van der Waals surface area contributed by atoms with E-state index in [4.69, 9.17) is 11.6 Å². The lowest BCUT2D eigenvalue weighted by molar-refractivity contribution is 0.563. The van der Waals surface area contributed by atoms with E-state index in [9.17, 15) is 13.2 Å². The molecule has 0 spiro atoms. The van der Waals surface area contributed by atoms with Crippen LogP contribution in [0, 0.1) is 0 Å². The molecule has 0 amide bonds. The topological polar surface area (TPSA) is 63.6 Å². The monoisotopic (exact) mass is 295 g/mol. The SMILES string of the molecule is O=C=NS(=O)(=O)c1ccc(Cl)c(Br)c1. The zero-order valence-corrected chi connectivity index (χ0v) is 9.73. The van der Waals surface area contributed by atoms with Gasteiger partial charge in [-0.15, -0.1) is 0 Å². The third-order valence-electron chi connectivity index (χ3n) is 1.35. The van der Waals surface area contributed by atoms with E-state index in [1.165, 1.54) is 18.2 Å². The van der Waals surface area contributed by atoms with Gasteiger partial charge in [-0.1, -0.05) is 16.0 Å². The van der Waals surface area contributed by atoms with Crippen molar-refractivity contribution in [3.8, 4) is 0 Å². The fourth-order valence-electron chi connectivity index (χ4n) is 0.739. The van der Waals surface area contributed by atoms with Crippen LogP contribution in [0.4, 0.5) is 0 Å². The molecule has 0 N–H and O–H groups in total. The largest absolute Gasteiger partial charge is 0.292 e. The highest BCUT2D eigenvalue weighted by atomic mass is 79.9. The summed E-state index contributed by atoms with van der Waals surface area (Å²) in [5.74, 6) is 0. The van der Waals surface area contributed by atoms with Gasteiger partial charge in [0.15, 0.2) is 0 Å². The molecule has 0 saturated heterocycles. The van der Waals surface area contributed by atoms with Crippen molar-refractivity contribution < 1.29 is 13.2 Å². The molecule has 7 heteroatoms. The first kappa shape index (κ1) is 11.4. The Hall–Kier alpha value is -0.680. The number of hydrogen-bond acceptors (Lipinski definition) is 3. The van der Waals surface area contributed by atoms with Crippen molar-refractivity contribution in [1.29, 1.82) is 0 Å². The maximum absolute atomic E-state index is 11.2. The van der Waals surface area contributed by atoms with E-state index < -0.39 is 10.0 Å². The number of sulfonamides is 1. The van der Waals surface area contributed by atoms with E-state index in [1.807, 2.05) is 0 Å². The van der Waals surface area contributed by atoms with Gasteiger partial charge >= 0.3 is 0 Å². The molecule has 0 bridgehead atoms. The van der Waals surface area contributed by atoms with Crippen LogP contribution in [-0.4, -0.2) is 14.5 Å². The predicted octanol–water partition coefficient (Wildman–Crippen LogP) is 2.13. The van der Waals surface area contributed by atoms with Crippen LogP contribution in [-0.2, 0) is 14.8 Å². The Morgan fingerprint density at radius 3 is 2.57 bits per heavy atom. The van der Waals surface area contributed by atoms with Gasteiger partial charge in [0.25, 0.3) is 16.1 Å². The van der Waals surface area contributed by atoms with Crippen LogP contribution >= 0.6 is 27.5 Å². The minimum atomic E-state index is -3.94. The first-order valence-electron chi connectivity index (χ1n) is 3.26. The Bertz CT molecular complexity index is 508. The summed E-state index contributed by atoms with van der Waals surface area (Å²) in [7, 11) is -3.94. The molecule has 0 aromatic heterocycles. The second-order valence-corrected chi connectivity index (χ2v) is 5.10. The molecule has 0 unspecified atom stereocenters. The minimum absolute atomic E-state index is 0.114. The molecule has 0 fully saturated rings. The fraction of sp³-hybridized carbons (Fsp3) is 0. The van der Waals surface area contributed by atoms with Crippen molar-refractivity contribution in [3.05, 3.63) is 27.7 Å². The van der Waals surface area contributed by atoms with Crippen LogP contribution in [0.3, 0.4) is 0 Å². The molecule has 0 aliphatic rings. The van der Waals surface area contributed by atoms with Crippen LogP contribution < -0.4 is 0 Å². The molecule has 0 aliphatic carbocycles. The lowest BCUT2D eigenvalue weighted by Crippen LogP contribution is -1.95. The zero-order chi connectivity index (χ0) is 10.8. The molecule has 0 heterocycles. The number of carbonyl (C=O) groups excluding carboxylic acids is 1. The molecular weight excluding hydrogens is 294 g/mol. The Labute approximate surface area is 93.8 Å². The summed E-state index contributed by atoms with van der Waals surface area (Å²) < 4.78 is 25.5. The molecule has 4 nitrogen and oxygen atoms in total. The van der Waals surface area contributed by atoms with Gasteiger partial charge in [-0.3, -0.25) is 0 Å². The van der Waals surface area contributed by atoms with Crippen molar-refractivity contribution in [2.75, 3.05) is 0 Å². The number of nitrogens with zero attached hydrogens (tertiary/aromatic N) is 1. The normalized spacial score (nSPS) is 10.7. The van der Waals surface area contributed by atoms with Gasteiger partial charge in [0.2, 0.25) is 0 Å². The Kier molecular flexibility index (Phi) is 3.44. The molecule has 14 heavy (non-hydrogen) atoms. The molecule has 0 saturated carbocycles. The summed E-state index contributed by atoms with van der Waals surface area (Å²) in [4.78, 5) is 9.72. The van der Waals surface area contributed by atoms with Crippen molar-refractivity contribution in [3.63, 3.8) is 0 Å². The summed E-state index contributed by atoms with van der Waals surface area (Å²) in [5.41, 5.74) is 0. The Morgan fingerprint density at radius 2 is 2.07 bits per heavy atom. The average molecular weight is 297 g/mol. The molecule has 1 rings (SSSR count). The molecule has 74 valence electrons. The first-order valence-corrected chi connectivity index (χ1v) is 5.87. The van der Waals surface area contributed by atoms with Gasteiger partial charge in [0.1, 0.15) is 0 Å². The van der Waals surface area contributed by atoms with Gasteiger partial charge in [-0.25, -0.2) is 4.79 Å². The third kappa shape index (κ3) is 2.42. The number of rotatable bonds is 2. The first-order chi connectivity index (χ1) is 6.47. The average Bonchev–Trinajstić information content (AvgIpc) is 2.09. The number of isocyanates is 1. The summed E-state index contributed by atoms with van der Waals surface area (Å²) >= 11 is 8.71. The van der Waals surface area contributed by atoms with E-state index in [0.29, 0.717) is 9.50 Å². The summed E-state index contributed by atoms with van der Waals surface area (Å²) in [6.45, 7) is 0. The third-order valence-corrected chi connectivity index (χ3v) is 3.72. The van der Waals surface area contributed by atoms with Gasteiger partial charge in [-0.2, -0.15) is 8.42 Å². The van der Waals surface area contributed by atoms with Crippen molar-refractivity contribution in [2.24, 2.45) is 4.40 Å². The zero-order valence-electron chi connectivity index (χ0n) is 6.57. The lowest BCUT2D eigenvalue weighted by atomic mass is 10.4. The van der Waals surface area contributed by atoms with E-state index in [1.54, 1.807) is 0 Å². The highest BCUT2D eigenvalue weighted by Crippen LogP contribution is 2.25. The van der Waals surface area contributed by atoms with Gasteiger partial charge < -0.3 is 0 Å². The highest BCUT2D eigenvalue weighted by molar-refractivity contribution is 9.10. The molecule has 0 radical (unpaired) electrons. The Morgan fingerprint density at radius 1 is 1.43 bits per heavy atom. The van der Waals surface area contributed by atoms with Crippen LogP contribution in [0.1, 0.15) is 0 Å². The maximum Gasteiger partial charge on any atom is 0.292 e.